The number of carbonyl (C=O) groups excluding carboxylic acids is 2. The molecule has 0 saturated carbocycles. The van der Waals surface area contributed by atoms with Crippen LogP contribution in [0.1, 0.15) is 27.5 Å². The Morgan fingerprint density at radius 2 is 1.87 bits per heavy atom. The van der Waals surface area contributed by atoms with Gasteiger partial charge in [0.15, 0.2) is 5.76 Å². The Labute approximate surface area is 173 Å². The van der Waals surface area contributed by atoms with Crippen LogP contribution in [0.4, 0.5) is 5.69 Å². The summed E-state index contributed by atoms with van der Waals surface area (Å²) in [6.07, 6.45) is 1.45. The molecule has 7 nitrogen and oxygen atoms in total. The molecule has 0 spiro atoms. The molecule has 0 aliphatic carbocycles. The van der Waals surface area contributed by atoms with Gasteiger partial charge in [-0.2, -0.15) is 0 Å². The second-order valence-corrected chi connectivity index (χ2v) is 7.11. The zero-order valence-corrected chi connectivity index (χ0v) is 16.8. The largest absolute Gasteiger partial charge is 0.459 e. The van der Waals surface area contributed by atoms with Crippen molar-refractivity contribution in [3.63, 3.8) is 0 Å². The van der Waals surface area contributed by atoms with Crippen LogP contribution < -0.4 is 10.6 Å². The number of benzene rings is 2. The van der Waals surface area contributed by atoms with E-state index in [0.717, 1.165) is 22.3 Å². The molecular weight excluding hydrogens is 380 g/mol. The molecule has 0 saturated heterocycles. The van der Waals surface area contributed by atoms with Crippen LogP contribution in [0.15, 0.2) is 65.3 Å². The number of para-hydroxylation sites is 2. The number of nitrogens with zero attached hydrogens (tertiary/aromatic N) is 2. The van der Waals surface area contributed by atoms with Gasteiger partial charge in [0.1, 0.15) is 12.4 Å². The predicted octanol–water partition coefficient (Wildman–Crippen LogP) is 3.81. The first-order valence-electron chi connectivity index (χ1n) is 9.64. The highest BCUT2D eigenvalue weighted by Crippen LogP contribution is 2.18. The Kier molecular flexibility index (Phi) is 5.34. The van der Waals surface area contributed by atoms with Crippen molar-refractivity contribution in [1.29, 1.82) is 0 Å². The summed E-state index contributed by atoms with van der Waals surface area (Å²) in [7, 11) is 0. The lowest BCUT2D eigenvalue weighted by Gasteiger charge is -2.11. The van der Waals surface area contributed by atoms with Crippen LogP contribution >= 0.6 is 0 Å². The van der Waals surface area contributed by atoms with E-state index in [4.69, 9.17) is 4.42 Å². The molecule has 0 fully saturated rings. The summed E-state index contributed by atoms with van der Waals surface area (Å²) in [4.78, 5) is 29.5. The van der Waals surface area contributed by atoms with Crippen LogP contribution in [0.2, 0.25) is 0 Å². The summed E-state index contributed by atoms with van der Waals surface area (Å²) in [5.41, 5.74) is 4.62. The highest BCUT2D eigenvalue weighted by Gasteiger charge is 2.16. The number of carbonyl (C=O) groups is 2. The molecule has 2 aromatic heterocycles. The van der Waals surface area contributed by atoms with Gasteiger partial charge >= 0.3 is 0 Å². The normalized spacial score (nSPS) is 10.9. The van der Waals surface area contributed by atoms with Crippen LogP contribution in [0.5, 0.6) is 0 Å². The van der Waals surface area contributed by atoms with Crippen molar-refractivity contribution in [3.8, 4) is 0 Å². The smallest absolute Gasteiger partial charge is 0.287 e. The molecule has 7 heteroatoms. The lowest BCUT2D eigenvalue weighted by atomic mass is 10.1. The van der Waals surface area contributed by atoms with Gasteiger partial charge in [0.25, 0.3) is 5.91 Å². The standard InChI is InChI=1S/C23H22N4O3/c1-15-9-10-17(12-16(15)2)25-22(28)14-27-19-7-4-3-6-18(19)26-21(27)13-24-23(29)20-8-5-11-30-20/h3-12H,13-14H2,1-2H3,(H,24,29)(H,25,28). The molecule has 2 N–H and O–H groups in total. The van der Waals surface area contributed by atoms with E-state index in [9.17, 15) is 9.59 Å². The molecule has 4 rings (SSSR count). The molecule has 0 aliphatic heterocycles. The maximum Gasteiger partial charge on any atom is 0.287 e. The van der Waals surface area contributed by atoms with Crippen molar-refractivity contribution < 1.29 is 14.0 Å². The first kappa shape index (κ1) is 19.4. The van der Waals surface area contributed by atoms with Crippen molar-refractivity contribution in [3.05, 3.63) is 83.6 Å². The van der Waals surface area contributed by atoms with Crippen LogP contribution in [0, 0.1) is 13.8 Å². The van der Waals surface area contributed by atoms with E-state index in [2.05, 4.69) is 15.6 Å². The Morgan fingerprint density at radius 1 is 1.03 bits per heavy atom. The number of aryl methyl sites for hydroxylation is 2. The Hall–Kier alpha value is -3.87. The quantitative estimate of drug-likeness (QED) is 0.513. The van der Waals surface area contributed by atoms with Crippen molar-refractivity contribution in [2.75, 3.05) is 5.32 Å². The molecule has 152 valence electrons. The third kappa shape index (κ3) is 4.10. The van der Waals surface area contributed by atoms with Gasteiger partial charge in [-0.1, -0.05) is 18.2 Å². The number of rotatable bonds is 6. The summed E-state index contributed by atoms with van der Waals surface area (Å²) in [6.45, 7) is 4.29. The minimum Gasteiger partial charge on any atom is -0.459 e. The molecular formula is C23H22N4O3. The molecule has 0 atom stereocenters. The highest BCUT2D eigenvalue weighted by molar-refractivity contribution is 5.92. The maximum absolute atomic E-state index is 12.7. The van der Waals surface area contributed by atoms with E-state index >= 15 is 0 Å². The fraction of sp³-hybridized carbons (Fsp3) is 0.174. The average molecular weight is 402 g/mol. The number of imidazole rings is 1. The van der Waals surface area contributed by atoms with Crippen molar-refractivity contribution in [2.45, 2.75) is 26.9 Å². The van der Waals surface area contributed by atoms with Gasteiger partial charge in [0, 0.05) is 5.69 Å². The third-order valence-electron chi connectivity index (χ3n) is 4.98. The van der Waals surface area contributed by atoms with Crippen LogP contribution in [-0.2, 0) is 17.9 Å². The number of fused-ring (bicyclic) bond motifs is 1. The fourth-order valence-electron chi connectivity index (χ4n) is 3.25. The number of anilines is 1. The zero-order chi connectivity index (χ0) is 21.1. The number of hydrogen-bond donors (Lipinski definition) is 2. The van der Waals surface area contributed by atoms with Crippen LogP contribution in [0.3, 0.4) is 0 Å². The number of amides is 2. The maximum atomic E-state index is 12.7. The van der Waals surface area contributed by atoms with Crippen LogP contribution in [0.25, 0.3) is 11.0 Å². The second kappa shape index (κ2) is 8.24. The molecule has 2 heterocycles. The summed E-state index contributed by atoms with van der Waals surface area (Å²) >= 11 is 0. The summed E-state index contributed by atoms with van der Waals surface area (Å²) < 4.78 is 6.93. The summed E-state index contributed by atoms with van der Waals surface area (Å²) in [5, 5.41) is 5.73. The predicted molar refractivity (Wildman–Crippen MR) is 114 cm³/mol. The minimum absolute atomic E-state index is 0.0827. The fourth-order valence-corrected chi connectivity index (χ4v) is 3.25. The van der Waals surface area contributed by atoms with E-state index in [-0.39, 0.29) is 30.7 Å². The second-order valence-electron chi connectivity index (χ2n) is 7.11. The topological polar surface area (TPSA) is 89.2 Å². The molecule has 0 radical (unpaired) electrons. The molecule has 2 aromatic carbocycles. The molecule has 0 unspecified atom stereocenters. The van der Waals surface area contributed by atoms with Gasteiger partial charge in [-0.15, -0.1) is 0 Å². The Morgan fingerprint density at radius 3 is 2.63 bits per heavy atom. The first-order valence-corrected chi connectivity index (χ1v) is 9.64. The van der Waals surface area contributed by atoms with Gasteiger partial charge in [-0.05, 0) is 61.4 Å². The monoisotopic (exact) mass is 402 g/mol. The summed E-state index contributed by atoms with van der Waals surface area (Å²) in [6, 6.07) is 16.6. The van der Waals surface area contributed by atoms with E-state index in [1.54, 1.807) is 12.1 Å². The lowest BCUT2D eigenvalue weighted by molar-refractivity contribution is -0.116. The number of nitrogens with one attached hydrogen (secondary N) is 2. The Balaban J connectivity index is 1.54. The van der Waals surface area contributed by atoms with Crippen molar-refractivity contribution >= 4 is 28.5 Å². The van der Waals surface area contributed by atoms with Gasteiger partial charge in [-0.3, -0.25) is 9.59 Å². The van der Waals surface area contributed by atoms with Crippen molar-refractivity contribution in [1.82, 2.24) is 14.9 Å². The molecule has 0 bridgehead atoms. The number of furan rings is 1. The lowest BCUT2D eigenvalue weighted by Crippen LogP contribution is -2.26. The van der Waals surface area contributed by atoms with Gasteiger partial charge < -0.3 is 19.6 Å². The first-order chi connectivity index (χ1) is 14.5. The van der Waals surface area contributed by atoms with Crippen LogP contribution in [-0.4, -0.2) is 21.4 Å². The van der Waals surface area contributed by atoms with E-state index in [0.29, 0.717) is 5.82 Å². The summed E-state index contributed by atoms with van der Waals surface area (Å²) in [5.74, 6) is 0.315. The molecule has 0 aliphatic rings. The number of hydrogen-bond acceptors (Lipinski definition) is 4. The molecule has 30 heavy (non-hydrogen) atoms. The van der Waals surface area contributed by atoms with Gasteiger partial charge in [0.05, 0.1) is 23.8 Å². The molecule has 4 aromatic rings. The Bertz CT molecular complexity index is 1210. The number of aromatic nitrogens is 2. The van der Waals surface area contributed by atoms with E-state index < -0.39 is 0 Å². The van der Waals surface area contributed by atoms with E-state index in [1.807, 2.05) is 60.9 Å². The van der Waals surface area contributed by atoms with Crippen molar-refractivity contribution in [2.24, 2.45) is 0 Å². The average Bonchev–Trinajstić information content (AvgIpc) is 3.38. The highest BCUT2D eigenvalue weighted by atomic mass is 16.3. The minimum atomic E-state index is -0.335. The third-order valence-corrected chi connectivity index (χ3v) is 4.98. The molecule has 2 amide bonds. The SMILES string of the molecule is Cc1ccc(NC(=O)Cn2c(CNC(=O)c3ccco3)nc3ccccc32)cc1C. The van der Waals surface area contributed by atoms with Gasteiger partial charge in [0.2, 0.25) is 5.91 Å². The van der Waals surface area contributed by atoms with E-state index in [1.165, 1.54) is 11.8 Å². The van der Waals surface area contributed by atoms with Gasteiger partial charge in [-0.25, -0.2) is 4.98 Å². The zero-order valence-electron chi connectivity index (χ0n) is 16.8.